The molecule has 5 nitrogen and oxygen atoms in total. The number of aryl methyl sites for hydroxylation is 1. The largest absolute Gasteiger partial charge is 0.349 e. The normalized spacial score (nSPS) is 29.1. The number of sulfonamides is 1. The second-order valence-electron chi connectivity index (χ2n) is 10.8. The maximum atomic E-state index is 13.0. The topological polar surface area (TPSA) is 75.3 Å². The molecule has 4 saturated carbocycles. The van der Waals surface area contributed by atoms with Gasteiger partial charge in [-0.15, -0.1) is 0 Å². The minimum absolute atomic E-state index is 0.0370. The Kier molecular flexibility index (Phi) is 5.86. The highest BCUT2D eigenvalue weighted by atomic mass is 32.2. The Bertz CT molecular complexity index is 1090. The molecule has 0 heterocycles. The average Bonchev–Trinajstić information content (AvgIpc) is 2.77. The Balaban J connectivity index is 1.19. The molecule has 0 unspecified atom stereocenters. The van der Waals surface area contributed by atoms with E-state index in [1.54, 1.807) is 36.4 Å². The van der Waals surface area contributed by atoms with E-state index in [-0.39, 0.29) is 28.8 Å². The van der Waals surface area contributed by atoms with Crippen LogP contribution in [0.25, 0.3) is 0 Å². The van der Waals surface area contributed by atoms with Gasteiger partial charge in [0.15, 0.2) is 0 Å². The van der Waals surface area contributed by atoms with Gasteiger partial charge in [0, 0.05) is 18.2 Å². The fourth-order valence-corrected chi connectivity index (χ4v) is 7.91. The van der Waals surface area contributed by atoms with E-state index in [1.807, 2.05) is 19.1 Å². The van der Waals surface area contributed by atoms with E-state index < -0.39 is 10.0 Å². The van der Waals surface area contributed by atoms with Gasteiger partial charge in [-0.3, -0.25) is 4.79 Å². The molecule has 1 amide bonds. The molecule has 1 atom stereocenters. The third-order valence-electron chi connectivity index (χ3n) is 8.37. The number of rotatable bonds is 7. The minimum Gasteiger partial charge on any atom is -0.349 e. The van der Waals surface area contributed by atoms with Crippen molar-refractivity contribution in [2.75, 3.05) is 0 Å². The van der Waals surface area contributed by atoms with Gasteiger partial charge in [0.25, 0.3) is 5.91 Å². The summed E-state index contributed by atoms with van der Waals surface area (Å²) < 4.78 is 27.6. The molecule has 0 aliphatic heterocycles. The SMILES string of the molecule is Cc1ccc(S(=O)(=O)NCc2ccc(C(=O)N[C@@H](C)C34CC5CC(CC(C5)C3)C4)cc2)cc1. The zero-order chi connectivity index (χ0) is 23.2. The average molecular weight is 467 g/mol. The molecule has 4 aliphatic rings. The third-order valence-corrected chi connectivity index (χ3v) is 9.78. The van der Waals surface area contributed by atoms with Crippen LogP contribution in [0, 0.1) is 30.1 Å². The lowest BCUT2D eigenvalue weighted by Crippen LogP contribution is -2.55. The quantitative estimate of drug-likeness (QED) is 0.615. The molecule has 176 valence electrons. The lowest BCUT2D eigenvalue weighted by molar-refractivity contribution is -0.0688. The molecule has 2 aromatic carbocycles. The molecule has 33 heavy (non-hydrogen) atoms. The van der Waals surface area contributed by atoms with E-state index >= 15 is 0 Å². The molecule has 0 spiro atoms. The fourth-order valence-electron chi connectivity index (χ4n) is 6.89. The number of carbonyl (C=O) groups excluding carboxylic acids is 1. The molecular formula is C27H34N2O3S. The summed E-state index contributed by atoms with van der Waals surface area (Å²) in [4.78, 5) is 13.2. The van der Waals surface area contributed by atoms with Gasteiger partial charge in [0.1, 0.15) is 0 Å². The van der Waals surface area contributed by atoms with Gasteiger partial charge in [-0.1, -0.05) is 29.8 Å². The van der Waals surface area contributed by atoms with Crippen molar-refractivity contribution in [1.82, 2.24) is 10.0 Å². The summed E-state index contributed by atoms with van der Waals surface area (Å²) in [5, 5.41) is 3.30. The second-order valence-corrected chi connectivity index (χ2v) is 12.6. The summed E-state index contributed by atoms with van der Waals surface area (Å²) in [5.41, 5.74) is 2.73. The Hall–Kier alpha value is -2.18. The summed E-state index contributed by atoms with van der Waals surface area (Å²) in [5.74, 6) is 2.54. The summed E-state index contributed by atoms with van der Waals surface area (Å²) >= 11 is 0. The highest BCUT2D eigenvalue weighted by Gasteiger charge is 2.53. The van der Waals surface area contributed by atoms with Crippen LogP contribution in [0.4, 0.5) is 0 Å². The molecule has 6 rings (SSSR count). The lowest BCUT2D eigenvalue weighted by atomic mass is 9.48. The van der Waals surface area contributed by atoms with Gasteiger partial charge >= 0.3 is 0 Å². The van der Waals surface area contributed by atoms with Crippen LogP contribution in [0.2, 0.25) is 0 Å². The van der Waals surface area contributed by atoms with Gasteiger partial charge in [0.05, 0.1) is 4.90 Å². The molecule has 2 aromatic rings. The summed E-state index contributed by atoms with van der Waals surface area (Å²) in [6, 6.07) is 14.2. The molecule has 4 aliphatic carbocycles. The van der Waals surface area contributed by atoms with Crippen molar-refractivity contribution in [2.45, 2.75) is 69.9 Å². The molecule has 0 aromatic heterocycles. The first-order valence-corrected chi connectivity index (χ1v) is 13.7. The molecule has 0 saturated heterocycles. The van der Waals surface area contributed by atoms with Crippen LogP contribution in [0.5, 0.6) is 0 Å². The molecule has 4 bridgehead atoms. The summed E-state index contributed by atoms with van der Waals surface area (Å²) in [7, 11) is -3.57. The monoisotopic (exact) mass is 466 g/mol. The maximum absolute atomic E-state index is 13.0. The minimum atomic E-state index is -3.57. The first-order chi connectivity index (χ1) is 15.7. The van der Waals surface area contributed by atoms with Crippen molar-refractivity contribution in [3.05, 3.63) is 65.2 Å². The van der Waals surface area contributed by atoms with Gasteiger partial charge in [-0.2, -0.15) is 0 Å². The van der Waals surface area contributed by atoms with Crippen molar-refractivity contribution in [2.24, 2.45) is 23.2 Å². The number of nitrogens with one attached hydrogen (secondary N) is 2. The van der Waals surface area contributed by atoms with Crippen molar-refractivity contribution in [1.29, 1.82) is 0 Å². The maximum Gasteiger partial charge on any atom is 0.251 e. The molecule has 2 N–H and O–H groups in total. The Morgan fingerprint density at radius 2 is 1.48 bits per heavy atom. The number of benzene rings is 2. The van der Waals surface area contributed by atoms with Gasteiger partial charge < -0.3 is 5.32 Å². The van der Waals surface area contributed by atoms with Crippen molar-refractivity contribution >= 4 is 15.9 Å². The van der Waals surface area contributed by atoms with Crippen LogP contribution in [-0.4, -0.2) is 20.4 Å². The Morgan fingerprint density at radius 3 is 2.03 bits per heavy atom. The van der Waals surface area contributed by atoms with E-state index in [0.29, 0.717) is 5.56 Å². The van der Waals surface area contributed by atoms with E-state index in [4.69, 9.17) is 0 Å². The number of hydrogen-bond donors (Lipinski definition) is 2. The van der Waals surface area contributed by atoms with Gasteiger partial charge in [-0.25, -0.2) is 13.1 Å². The molecule has 0 radical (unpaired) electrons. The summed E-state index contributed by atoms with van der Waals surface area (Å²) in [6.07, 6.45) is 7.99. The van der Waals surface area contributed by atoms with Crippen molar-refractivity contribution in [3.63, 3.8) is 0 Å². The number of hydrogen-bond acceptors (Lipinski definition) is 3. The zero-order valence-corrected chi connectivity index (χ0v) is 20.3. The Morgan fingerprint density at radius 1 is 0.939 bits per heavy atom. The van der Waals surface area contributed by atoms with E-state index in [1.165, 1.54) is 38.5 Å². The van der Waals surface area contributed by atoms with Crippen LogP contribution in [0.15, 0.2) is 53.4 Å². The van der Waals surface area contributed by atoms with Crippen LogP contribution in [0.3, 0.4) is 0 Å². The first kappa shape index (κ1) is 22.6. The number of carbonyl (C=O) groups is 1. The summed E-state index contributed by atoms with van der Waals surface area (Å²) in [6.45, 7) is 4.30. The fraction of sp³-hybridized carbons (Fsp3) is 0.519. The molecular weight excluding hydrogens is 432 g/mol. The second kappa shape index (κ2) is 8.55. The van der Waals surface area contributed by atoms with Gasteiger partial charge in [-0.05, 0) is 105 Å². The van der Waals surface area contributed by atoms with Crippen LogP contribution >= 0.6 is 0 Å². The lowest BCUT2D eigenvalue weighted by Gasteiger charge is -2.59. The van der Waals surface area contributed by atoms with Crippen LogP contribution < -0.4 is 10.0 Å². The highest BCUT2D eigenvalue weighted by Crippen LogP contribution is 2.61. The number of amides is 1. The highest BCUT2D eigenvalue weighted by molar-refractivity contribution is 7.89. The smallest absolute Gasteiger partial charge is 0.251 e. The predicted molar refractivity (Wildman–Crippen MR) is 129 cm³/mol. The Labute approximate surface area is 197 Å². The molecule has 6 heteroatoms. The zero-order valence-electron chi connectivity index (χ0n) is 19.5. The van der Waals surface area contributed by atoms with E-state index in [0.717, 1.165) is 28.9 Å². The standard InChI is InChI=1S/C27H34N2O3S/c1-18-3-9-25(10-4-18)33(31,32)28-17-20-5-7-24(8-6-20)26(30)29-19(2)27-14-21-11-22(15-27)13-23(12-21)16-27/h3-10,19,21-23,28H,11-17H2,1-2H3,(H,29,30)/t19-,21?,22?,23?,27?/m0/s1. The van der Waals surface area contributed by atoms with Crippen LogP contribution in [-0.2, 0) is 16.6 Å². The van der Waals surface area contributed by atoms with Crippen molar-refractivity contribution < 1.29 is 13.2 Å². The molecule has 4 fully saturated rings. The third kappa shape index (κ3) is 4.60. The van der Waals surface area contributed by atoms with E-state index in [9.17, 15) is 13.2 Å². The van der Waals surface area contributed by atoms with Crippen LogP contribution in [0.1, 0.15) is 66.9 Å². The first-order valence-electron chi connectivity index (χ1n) is 12.2. The van der Waals surface area contributed by atoms with E-state index in [2.05, 4.69) is 17.0 Å². The predicted octanol–water partition coefficient (Wildman–Crippen LogP) is 4.81. The van der Waals surface area contributed by atoms with Crippen molar-refractivity contribution in [3.8, 4) is 0 Å². The van der Waals surface area contributed by atoms with Gasteiger partial charge in [0.2, 0.25) is 10.0 Å².